The first kappa shape index (κ1) is 15.0. The predicted molar refractivity (Wildman–Crippen MR) is 95.0 cm³/mol. The highest BCUT2D eigenvalue weighted by Gasteiger charge is 2.28. The van der Waals surface area contributed by atoms with E-state index in [9.17, 15) is 5.11 Å². The summed E-state index contributed by atoms with van der Waals surface area (Å²) in [5.74, 6) is 0. The van der Waals surface area contributed by atoms with Gasteiger partial charge in [0, 0.05) is 21.3 Å². The molecule has 3 rings (SSSR count). The molecule has 108 valence electrons. The Hall–Kier alpha value is -0.940. The van der Waals surface area contributed by atoms with Crippen LogP contribution in [0.4, 0.5) is 0 Å². The molecule has 0 amide bonds. The molecule has 21 heavy (non-hydrogen) atoms. The summed E-state index contributed by atoms with van der Waals surface area (Å²) in [5.41, 5.74) is 1.26. The molecule has 3 aromatic rings. The fraction of sp³-hybridized carbons (Fsp3) is 0.176. The van der Waals surface area contributed by atoms with Crippen molar-refractivity contribution in [1.82, 2.24) is 0 Å². The molecule has 0 saturated carbocycles. The van der Waals surface area contributed by atoms with Gasteiger partial charge in [-0.3, -0.25) is 0 Å². The van der Waals surface area contributed by atoms with Gasteiger partial charge in [-0.05, 0) is 47.5 Å². The Morgan fingerprint density at radius 1 is 1.10 bits per heavy atom. The highest BCUT2D eigenvalue weighted by Crippen LogP contribution is 2.39. The van der Waals surface area contributed by atoms with Gasteiger partial charge in [0.2, 0.25) is 0 Å². The molecule has 0 bridgehead atoms. The molecule has 0 fully saturated rings. The van der Waals surface area contributed by atoms with Gasteiger partial charge in [-0.1, -0.05) is 34.1 Å². The molecule has 1 N–H and O–H groups in total. The Morgan fingerprint density at radius 2 is 1.95 bits per heavy atom. The molecule has 0 spiro atoms. The van der Waals surface area contributed by atoms with Crippen LogP contribution in [0.2, 0.25) is 0 Å². The van der Waals surface area contributed by atoms with Crippen LogP contribution in [0, 0.1) is 0 Å². The van der Waals surface area contributed by atoms with Crippen molar-refractivity contribution in [3.63, 3.8) is 0 Å². The topological polar surface area (TPSA) is 20.2 Å². The zero-order valence-electron chi connectivity index (χ0n) is 11.5. The average molecular weight is 379 g/mol. The number of hydrogen-bond acceptors (Lipinski definition) is 3. The molecule has 0 aliphatic heterocycles. The van der Waals surface area contributed by atoms with Crippen molar-refractivity contribution < 1.29 is 5.11 Å². The third-order valence-corrected chi connectivity index (χ3v) is 5.89. The van der Waals surface area contributed by atoms with Gasteiger partial charge < -0.3 is 5.11 Å². The number of aliphatic hydroxyl groups is 1. The van der Waals surface area contributed by atoms with Crippen molar-refractivity contribution in [2.45, 2.75) is 18.9 Å². The second-order valence-corrected chi connectivity index (χ2v) is 8.00. The number of rotatable bonds is 4. The Labute approximate surface area is 141 Å². The molecule has 1 aromatic carbocycles. The largest absolute Gasteiger partial charge is 0.385 e. The van der Waals surface area contributed by atoms with Crippen LogP contribution in [0.1, 0.15) is 18.1 Å². The summed E-state index contributed by atoms with van der Waals surface area (Å²) in [7, 11) is 0. The molecule has 1 unspecified atom stereocenters. The van der Waals surface area contributed by atoms with Crippen LogP contribution >= 0.6 is 38.6 Å². The van der Waals surface area contributed by atoms with Crippen molar-refractivity contribution in [2.24, 2.45) is 0 Å². The lowest BCUT2D eigenvalue weighted by Crippen LogP contribution is -2.24. The van der Waals surface area contributed by atoms with Crippen LogP contribution in [-0.4, -0.2) is 5.11 Å². The fourth-order valence-electron chi connectivity index (χ4n) is 2.47. The highest BCUT2D eigenvalue weighted by molar-refractivity contribution is 9.10. The van der Waals surface area contributed by atoms with E-state index in [1.165, 1.54) is 9.75 Å². The maximum absolute atomic E-state index is 11.0. The summed E-state index contributed by atoms with van der Waals surface area (Å²) in [6.45, 7) is 1.90. The Kier molecular flexibility index (Phi) is 4.31. The third-order valence-electron chi connectivity index (χ3n) is 3.43. The van der Waals surface area contributed by atoms with E-state index >= 15 is 0 Å². The summed E-state index contributed by atoms with van der Waals surface area (Å²) < 4.78 is 1.04. The van der Waals surface area contributed by atoms with Crippen LogP contribution in [0.25, 0.3) is 9.75 Å². The van der Waals surface area contributed by atoms with Gasteiger partial charge in [-0.2, -0.15) is 0 Å². The number of benzene rings is 1. The van der Waals surface area contributed by atoms with E-state index in [-0.39, 0.29) is 0 Å². The minimum absolute atomic E-state index is 0.599. The van der Waals surface area contributed by atoms with Crippen molar-refractivity contribution in [3.05, 3.63) is 68.8 Å². The number of halogens is 1. The zero-order chi connectivity index (χ0) is 14.9. The molecular formula is C17H15BrOS2. The fourth-order valence-corrected chi connectivity index (χ4v) is 4.82. The van der Waals surface area contributed by atoms with E-state index in [2.05, 4.69) is 44.9 Å². The summed E-state index contributed by atoms with van der Waals surface area (Å²) in [6, 6.07) is 14.3. The average Bonchev–Trinajstić information content (AvgIpc) is 3.09. The SMILES string of the molecule is CC(O)(Cc1cccc(Br)c1)c1ccsc1-c1cccs1. The Balaban J connectivity index is 1.94. The quantitative estimate of drug-likeness (QED) is 0.618. The molecule has 0 aliphatic carbocycles. The summed E-state index contributed by atoms with van der Waals surface area (Å²) in [6.07, 6.45) is 0.599. The van der Waals surface area contributed by atoms with Gasteiger partial charge in [0.25, 0.3) is 0 Å². The van der Waals surface area contributed by atoms with Gasteiger partial charge >= 0.3 is 0 Å². The lowest BCUT2D eigenvalue weighted by Gasteiger charge is -2.24. The maximum Gasteiger partial charge on any atom is 0.0923 e. The van der Waals surface area contributed by atoms with Gasteiger partial charge in [-0.25, -0.2) is 0 Å². The van der Waals surface area contributed by atoms with Crippen molar-refractivity contribution >= 4 is 38.6 Å². The predicted octanol–water partition coefficient (Wildman–Crippen LogP) is 5.69. The van der Waals surface area contributed by atoms with Gasteiger partial charge in [0.05, 0.1) is 10.5 Å². The van der Waals surface area contributed by atoms with Gasteiger partial charge in [0.1, 0.15) is 0 Å². The molecule has 1 atom stereocenters. The summed E-state index contributed by atoms with van der Waals surface area (Å²) >= 11 is 6.89. The van der Waals surface area contributed by atoms with E-state index in [0.717, 1.165) is 15.6 Å². The highest BCUT2D eigenvalue weighted by atomic mass is 79.9. The second-order valence-electron chi connectivity index (χ2n) is 5.22. The molecule has 2 heterocycles. The first-order chi connectivity index (χ1) is 10.1. The molecule has 2 aromatic heterocycles. The van der Waals surface area contributed by atoms with E-state index < -0.39 is 5.60 Å². The van der Waals surface area contributed by atoms with Crippen molar-refractivity contribution in [1.29, 1.82) is 0 Å². The van der Waals surface area contributed by atoms with Crippen molar-refractivity contribution in [2.75, 3.05) is 0 Å². The normalized spacial score (nSPS) is 14.0. The lowest BCUT2D eigenvalue weighted by molar-refractivity contribution is 0.0586. The zero-order valence-corrected chi connectivity index (χ0v) is 14.8. The Morgan fingerprint density at radius 3 is 2.67 bits per heavy atom. The van der Waals surface area contributed by atoms with E-state index in [0.29, 0.717) is 6.42 Å². The molecular weight excluding hydrogens is 364 g/mol. The van der Waals surface area contributed by atoms with Gasteiger partial charge in [0.15, 0.2) is 0 Å². The van der Waals surface area contributed by atoms with E-state index in [1.807, 2.05) is 31.2 Å². The van der Waals surface area contributed by atoms with Crippen LogP contribution in [0.15, 0.2) is 57.7 Å². The first-order valence-corrected chi connectivity index (χ1v) is 9.20. The molecule has 0 saturated heterocycles. The molecule has 0 aliphatic rings. The van der Waals surface area contributed by atoms with Crippen molar-refractivity contribution in [3.8, 4) is 9.75 Å². The first-order valence-electron chi connectivity index (χ1n) is 6.65. The maximum atomic E-state index is 11.0. The van der Waals surface area contributed by atoms with Crippen LogP contribution in [-0.2, 0) is 12.0 Å². The summed E-state index contributed by atoms with van der Waals surface area (Å²) in [4.78, 5) is 2.39. The smallest absolute Gasteiger partial charge is 0.0923 e. The van der Waals surface area contributed by atoms with Crippen LogP contribution in [0.5, 0.6) is 0 Å². The standard InChI is InChI=1S/C17H15BrOS2/c1-17(19,11-12-4-2-5-13(18)10-12)14-7-9-21-16(14)15-6-3-8-20-15/h2-10,19H,11H2,1H3. The number of hydrogen-bond donors (Lipinski definition) is 1. The monoisotopic (exact) mass is 378 g/mol. The second kappa shape index (κ2) is 6.05. The van der Waals surface area contributed by atoms with Gasteiger partial charge in [-0.15, -0.1) is 22.7 Å². The minimum atomic E-state index is -0.875. The van der Waals surface area contributed by atoms with Crippen LogP contribution < -0.4 is 0 Å². The number of thiophene rings is 2. The molecule has 1 nitrogen and oxygen atoms in total. The Bertz CT molecular complexity index is 729. The molecule has 0 radical (unpaired) electrons. The van der Waals surface area contributed by atoms with E-state index in [4.69, 9.17) is 0 Å². The summed E-state index contributed by atoms with van der Waals surface area (Å²) in [5, 5.41) is 15.1. The third kappa shape index (κ3) is 3.29. The minimum Gasteiger partial charge on any atom is -0.385 e. The van der Waals surface area contributed by atoms with Crippen LogP contribution in [0.3, 0.4) is 0 Å². The van der Waals surface area contributed by atoms with E-state index in [1.54, 1.807) is 22.7 Å². The molecule has 4 heteroatoms. The lowest BCUT2D eigenvalue weighted by atomic mass is 9.89.